The second-order valence-electron chi connectivity index (χ2n) is 13.6. The van der Waals surface area contributed by atoms with Crippen LogP contribution in [0.3, 0.4) is 0 Å². The molecule has 0 bridgehead atoms. The van der Waals surface area contributed by atoms with Crippen LogP contribution in [0.4, 0.5) is 4.79 Å². The van der Waals surface area contributed by atoms with E-state index in [1.165, 1.54) is 4.90 Å². The van der Waals surface area contributed by atoms with Crippen molar-refractivity contribution in [2.75, 3.05) is 13.1 Å². The molecule has 1 aromatic heterocycles. The molecule has 1 aliphatic rings. The van der Waals surface area contributed by atoms with Gasteiger partial charge in [0.05, 0.1) is 18.8 Å². The predicted molar refractivity (Wildman–Crippen MR) is 207 cm³/mol. The van der Waals surface area contributed by atoms with E-state index in [1.807, 2.05) is 91.0 Å². The Bertz CT molecular complexity index is 1970. The topological polar surface area (TPSA) is 166 Å². The molecule has 0 unspecified atom stereocenters. The number of hydrogen-bond acceptors (Lipinski definition) is 9. The molecule has 5 aromatic rings. The molecule has 2 heterocycles. The minimum absolute atomic E-state index is 0.0239. The number of fused-ring (bicyclic) bond motifs is 1. The number of aryl methyl sites for hydroxylation is 1. The van der Waals surface area contributed by atoms with Crippen LogP contribution in [-0.2, 0) is 38.7 Å². The molecule has 0 radical (unpaired) electrons. The number of hydrogen-bond donors (Lipinski definition) is 3. The zero-order valence-corrected chi connectivity index (χ0v) is 30.7. The van der Waals surface area contributed by atoms with E-state index in [4.69, 9.17) is 19.6 Å². The number of Topliss-reactive ketones (excluding diaryl/α,β-unsaturated/α-hetero) is 1. The van der Waals surface area contributed by atoms with Crippen molar-refractivity contribution >= 4 is 34.8 Å². The number of nitrogens with two attached hydrogens (primary N) is 1. The highest BCUT2D eigenvalue weighted by Gasteiger charge is 2.43. The van der Waals surface area contributed by atoms with Crippen LogP contribution in [0.5, 0.6) is 0 Å². The molecule has 55 heavy (non-hydrogen) atoms. The summed E-state index contributed by atoms with van der Waals surface area (Å²) in [6.07, 6.45) is 1.18. The number of ketones is 1. The summed E-state index contributed by atoms with van der Waals surface area (Å²) in [6.45, 7) is 0.828. The van der Waals surface area contributed by atoms with Crippen molar-refractivity contribution in [3.05, 3.63) is 138 Å². The summed E-state index contributed by atoms with van der Waals surface area (Å²) in [5.74, 6) is -1.56. The molecule has 1 fully saturated rings. The van der Waals surface area contributed by atoms with Crippen molar-refractivity contribution in [1.82, 2.24) is 20.5 Å². The molecule has 0 saturated carbocycles. The normalized spacial score (nSPS) is 16.3. The van der Waals surface area contributed by atoms with Gasteiger partial charge in [0.25, 0.3) is 5.89 Å². The van der Waals surface area contributed by atoms with Gasteiger partial charge in [-0.1, -0.05) is 103 Å². The van der Waals surface area contributed by atoms with Crippen LogP contribution < -0.4 is 16.4 Å². The van der Waals surface area contributed by atoms with Crippen LogP contribution in [-0.4, -0.2) is 70.9 Å². The number of ether oxygens (including phenoxy) is 2. The Kier molecular flexibility index (Phi) is 13.8. The lowest BCUT2D eigenvalue weighted by Gasteiger charge is -2.29. The van der Waals surface area contributed by atoms with E-state index in [9.17, 15) is 19.2 Å². The van der Waals surface area contributed by atoms with Gasteiger partial charge in [-0.2, -0.15) is 0 Å². The summed E-state index contributed by atoms with van der Waals surface area (Å²) in [7, 11) is 0. The molecule has 3 amide bonds. The van der Waals surface area contributed by atoms with Gasteiger partial charge in [0, 0.05) is 13.0 Å². The standard InChI is InChI=1S/C43H47N5O7/c44-25-13-12-21-35(39(49)41-46-34-20-10-11-22-38(34)55-41)45-40(50)37-26-33(53-28-31-16-6-2-7-17-31)27-48(37)42(51)36(24-23-30-14-4-1-5-15-30)47-43(52)54-29-32-18-8-3-9-19-32/h1-11,14-20,22,33,35-37H,12-13,21,23-29,44H2,(H,45,50)(H,47,52)/t33-,35+,36-,37+/m1/s1. The molecular formula is C43H47N5O7. The van der Waals surface area contributed by atoms with E-state index >= 15 is 0 Å². The average molecular weight is 746 g/mol. The van der Waals surface area contributed by atoms with Crippen molar-refractivity contribution in [3.63, 3.8) is 0 Å². The Balaban J connectivity index is 1.23. The molecule has 286 valence electrons. The molecule has 1 aliphatic heterocycles. The number of alkyl carbamates (subject to hydrolysis) is 1. The highest BCUT2D eigenvalue weighted by atomic mass is 16.5. The van der Waals surface area contributed by atoms with E-state index in [-0.39, 0.29) is 38.5 Å². The first-order valence-corrected chi connectivity index (χ1v) is 18.8. The average Bonchev–Trinajstić information content (AvgIpc) is 3.86. The summed E-state index contributed by atoms with van der Waals surface area (Å²) in [5, 5.41) is 5.71. The van der Waals surface area contributed by atoms with E-state index in [2.05, 4.69) is 15.6 Å². The lowest BCUT2D eigenvalue weighted by Crippen LogP contribution is -2.55. The highest BCUT2D eigenvalue weighted by Crippen LogP contribution is 2.25. The van der Waals surface area contributed by atoms with Gasteiger partial charge in [-0.3, -0.25) is 14.4 Å². The second kappa shape index (κ2) is 19.5. The Labute approximate surface area is 320 Å². The number of carbonyl (C=O) groups excluding carboxylic acids is 4. The third-order valence-corrected chi connectivity index (χ3v) is 9.63. The number of nitrogens with zero attached hydrogens (tertiary/aromatic N) is 2. The Morgan fingerprint density at radius 1 is 0.764 bits per heavy atom. The van der Waals surface area contributed by atoms with Gasteiger partial charge in [-0.05, 0) is 67.5 Å². The van der Waals surface area contributed by atoms with Crippen LogP contribution in [0.1, 0.15) is 59.5 Å². The number of carbonyl (C=O) groups is 4. The van der Waals surface area contributed by atoms with Crippen molar-refractivity contribution < 1.29 is 33.1 Å². The number of amides is 3. The van der Waals surface area contributed by atoms with Gasteiger partial charge in [0.2, 0.25) is 17.6 Å². The number of unbranched alkanes of at least 4 members (excludes halogenated alkanes) is 1. The van der Waals surface area contributed by atoms with Gasteiger partial charge >= 0.3 is 6.09 Å². The number of para-hydroxylation sites is 2. The molecule has 4 N–H and O–H groups in total. The fraction of sp³-hybridized carbons (Fsp3) is 0.326. The third-order valence-electron chi connectivity index (χ3n) is 9.63. The van der Waals surface area contributed by atoms with Gasteiger partial charge in [-0.15, -0.1) is 0 Å². The van der Waals surface area contributed by atoms with E-state index in [0.29, 0.717) is 43.3 Å². The van der Waals surface area contributed by atoms with E-state index in [1.54, 1.807) is 24.3 Å². The third kappa shape index (κ3) is 10.9. The van der Waals surface area contributed by atoms with Crippen LogP contribution in [0.15, 0.2) is 120 Å². The van der Waals surface area contributed by atoms with Crippen molar-refractivity contribution in [1.29, 1.82) is 0 Å². The minimum atomic E-state index is -1.02. The summed E-state index contributed by atoms with van der Waals surface area (Å²) < 4.78 is 17.6. The Hall–Kier alpha value is -5.85. The molecule has 6 rings (SSSR count). The summed E-state index contributed by atoms with van der Waals surface area (Å²) in [5.41, 5.74) is 9.48. The maximum Gasteiger partial charge on any atom is 0.408 e. The zero-order chi connectivity index (χ0) is 38.4. The molecule has 0 aliphatic carbocycles. The van der Waals surface area contributed by atoms with Crippen LogP contribution >= 0.6 is 0 Å². The highest BCUT2D eigenvalue weighted by molar-refractivity contribution is 6.01. The fourth-order valence-corrected chi connectivity index (χ4v) is 6.68. The maximum atomic E-state index is 14.6. The molecule has 4 aromatic carbocycles. The first-order chi connectivity index (χ1) is 26.9. The summed E-state index contributed by atoms with van der Waals surface area (Å²) >= 11 is 0. The van der Waals surface area contributed by atoms with E-state index < -0.39 is 47.9 Å². The molecule has 12 heteroatoms. The van der Waals surface area contributed by atoms with Gasteiger partial charge in [0.15, 0.2) is 5.58 Å². The van der Waals surface area contributed by atoms with Gasteiger partial charge in [0.1, 0.15) is 24.2 Å². The molecule has 12 nitrogen and oxygen atoms in total. The molecule has 1 saturated heterocycles. The quantitative estimate of drug-likeness (QED) is 0.0749. The van der Waals surface area contributed by atoms with Gasteiger partial charge < -0.3 is 35.2 Å². The molecular weight excluding hydrogens is 699 g/mol. The summed E-state index contributed by atoms with van der Waals surface area (Å²) in [4.78, 5) is 61.7. The Morgan fingerprint density at radius 2 is 1.40 bits per heavy atom. The number of nitrogens with one attached hydrogen (secondary N) is 2. The van der Waals surface area contributed by atoms with Crippen molar-refractivity contribution in [2.45, 2.75) is 76.0 Å². The van der Waals surface area contributed by atoms with Crippen LogP contribution in [0.25, 0.3) is 11.1 Å². The van der Waals surface area contributed by atoms with Gasteiger partial charge in [-0.25, -0.2) is 9.78 Å². The predicted octanol–water partition coefficient (Wildman–Crippen LogP) is 5.74. The number of likely N-dealkylation sites (tertiary alicyclic amines) is 1. The Morgan fingerprint density at radius 3 is 2.07 bits per heavy atom. The molecule has 4 atom stereocenters. The van der Waals surface area contributed by atoms with Crippen LogP contribution in [0, 0.1) is 0 Å². The fourth-order valence-electron chi connectivity index (χ4n) is 6.68. The summed E-state index contributed by atoms with van der Waals surface area (Å²) in [6, 6.07) is 32.6. The van der Waals surface area contributed by atoms with E-state index in [0.717, 1.165) is 16.7 Å². The molecule has 0 spiro atoms. The first kappa shape index (κ1) is 38.9. The second-order valence-corrected chi connectivity index (χ2v) is 13.6. The monoisotopic (exact) mass is 745 g/mol. The zero-order valence-electron chi connectivity index (χ0n) is 30.7. The first-order valence-electron chi connectivity index (χ1n) is 18.8. The number of aromatic nitrogens is 1. The lowest BCUT2D eigenvalue weighted by molar-refractivity contribution is -0.140. The minimum Gasteiger partial charge on any atom is -0.445 e. The smallest absolute Gasteiger partial charge is 0.408 e. The number of benzene rings is 4. The maximum absolute atomic E-state index is 14.6. The largest absolute Gasteiger partial charge is 0.445 e. The number of oxazole rings is 1. The van der Waals surface area contributed by atoms with Crippen molar-refractivity contribution in [3.8, 4) is 0 Å². The number of rotatable bonds is 18. The van der Waals surface area contributed by atoms with Crippen molar-refractivity contribution in [2.24, 2.45) is 5.73 Å². The lowest BCUT2D eigenvalue weighted by atomic mass is 10.0. The SMILES string of the molecule is NCCCC[C@H](NC(=O)[C@@H]1C[C@@H](OCc2ccccc2)CN1C(=O)[C@@H](CCc1ccccc1)NC(=O)OCc1ccccc1)C(=O)c1nc2ccccc2o1. The van der Waals surface area contributed by atoms with Crippen LogP contribution in [0.2, 0.25) is 0 Å².